The number of nitrogens with zero attached hydrogens (tertiary/aromatic N) is 1. The van der Waals surface area contributed by atoms with Gasteiger partial charge in [-0.1, -0.05) is 0 Å². The van der Waals surface area contributed by atoms with Gasteiger partial charge in [0, 0.05) is 18.3 Å². The molecule has 1 aromatic rings. The first-order valence-electron chi connectivity index (χ1n) is 5.58. The summed E-state index contributed by atoms with van der Waals surface area (Å²) < 4.78 is 22.9. The van der Waals surface area contributed by atoms with Gasteiger partial charge >= 0.3 is 5.97 Å². The Hall–Kier alpha value is -1.67. The van der Waals surface area contributed by atoms with Crippen molar-refractivity contribution in [2.45, 2.75) is 26.8 Å². The van der Waals surface area contributed by atoms with Gasteiger partial charge in [0.2, 0.25) is 10.0 Å². The van der Waals surface area contributed by atoms with E-state index >= 15 is 0 Å². The number of aromatic nitrogens is 1. The van der Waals surface area contributed by atoms with Gasteiger partial charge in [-0.2, -0.15) is 0 Å². The molecule has 0 radical (unpaired) electrons. The Morgan fingerprint density at radius 3 is 2.47 bits per heavy atom. The van der Waals surface area contributed by atoms with Crippen molar-refractivity contribution in [3.63, 3.8) is 0 Å². The maximum atomic E-state index is 11.8. The minimum absolute atomic E-state index is 0.0650. The van der Waals surface area contributed by atoms with Crippen LogP contribution in [0.1, 0.15) is 28.0 Å². The molecule has 0 amide bonds. The molecule has 1 rings (SSSR count). The number of aryl methyl sites for hydroxylation is 1. The summed E-state index contributed by atoms with van der Waals surface area (Å²) in [6.45, 7) is 3.18. The lowest BCUT2D eigenvalue weighted by Crippen LogP contribution is -2.27. The zero-order valence-electron chi connectivity index (χ0n) is 10.7. The summed E-state index contributed by atoms with van der Waals surface area (Å²) in [5, 5.41) is 14.0. The summed E-state index contributed by atoms with van der Waals surface area (Å²) in [5.41, 5.74) is 0.411. The third-order valence-corrected chi connectivity index (χ3v) is 3.65. The van der Waals surface area contributed by atoms with Crippen LogP contribution in [0.15, 0.2) is 10.9 Å². The molecule has 0 bridgehead atoms. The Labute approximate surface area is 110 Å². The van der Waals surface area contributed by atoms with E-state index < -0.39 is 16.0 Å². The average molecular weight is 288 g/mol. The fourth-order valence-electron chi connectivity index (χ4n) is 1.95. The van der Waals surface area contributed by atoms with Gasteiger partial charge in [-0.05, 0) is 25.8 Å². The number of aromatic carboxylic acids is 1. The van der Waals surface area contributed by atoms with Gasteiger partial charge in [-0.3, -0.25) is 4.79 Å². The molecule has 0 aliphatic rings. The average Bonchev–Trinajstić information content (AvgIpc) is 2.20. The minimum atomic E-state index is -3.59. The van der Waals surface area contributed by atoms with E-state index in [1.54, 1.807) is 6.92 Å². The Morgan fingerprint density at radius 2 is 2.00 bits per heavy atom. The molecule has 0 unspecified atom stereocenters. The summed E-state index contributed by atoms with van der Waals surface area (Å²) in [6, 6.07) is 1.23. The van der Waals surface area contributed by atoms with Crippen LogP contribution in [0.3, 0.4) is 0 Å². The molecule has 0 aromatic carbocycles. The van der Waals surface area contributed by atoms with Crippen LogP contribution in [0.5, 0.6) is 0 Å². The largest absolute Gasteiger partial charge is 0.478 e. The van der Waals surface area contributed by atoms with Crippen molar-refractivity contribution in [3.05, 3.63) is 33.2 Å². The van der Waals surface area contributed by atoms with Crippen LogP contribution in [0, 0.1) is 13.8 Å². The number of nitrogens with two attached hydrogens (primary N) is 1. The van der Waals surface area contributed by atoms with Crippen molar-refractivity contribution < 1.29 is 18.3 Å². The number of rotatable bonds is 5. The summed E-state index contributed by atoms with van der Waals surface area (Å²) in [5.74, 6) is -1.37. The Kier molecular flexibility index (Phi) is 4.48. The van der Waals surface area contributed by atoms with E-state index in [4.69, 9.17) is 10.2 Å². The maximum Gasteiger partial charge on any atom is 0.337 e. The van der Waals surface area contributed by atoms with Gasteiger partial charge in [-0.25, -0.2) is 18.4 Å². The highest BCUT2D eigenvalue weighted by Gasteiger charge is 2.15. The fourth-order valence-corrected chi connectivity index (χ4v) is 2.48. The third kappa shape index (κ3) is 3.90. The van der Waals surface area contributed by atoms with Crippen LogP contribution < -0.4 is 10.7 Å². The van der Waals surface area contributed by atoms with E-state index in [0.717, 1.165) is 0 Å². The molecule has 1 aromatic heterocycles. The second-order valence-corrected chi connectivity index (χ2v) is 6.04. The van der Waals surface area contributed by atoms with Crippen LogP contribution in [0.25, 0.3) is 0 Å². The first-order valence-corrected chi connectivity index (χ1v) is 7.30. The first-order chi connectivity index (χ1) is 8.63. The minimum Gasteiger partial charge on any atom is -0.478 e. The van der Waals surface area contributed by atoms with Crippen LogP contribution >= 0.6 is 0 Å². The molecule has 0 spiro atoms. The molecule has 0 fully saturated rings. The molecular weight excluding hydrogens is 272 g/mol. The molecule has 1 heterocycles. The van der Waals surface area contributed by atoms with Crippen molar-refractivity contribution in [2.24, 2.45) is 5.14 Å². The predicted molar refractivity (Wildman–Crippen MR) is 69.7 cm³/mol. The van der Waals surface area contributed by atoms with E-state index in [1.807, 2.05) is 0 Å². The van der Waals surface area contributed by atoms with Gasteiger partial charge in [0.1, 0.15) is 0 Å². The Morgan fingerprint density at radius 1 is 1.42 bits per heavy atom. The SMILES string of the molecule is Cc1cc(=O)n(CCCS(N)(=O)=O)c(C)c1C(=O)O. The highest BCUT2D eigenvalue weighted by Crippen LogP contribution is 2.11. The highest BCUT2D eigenvalue weighted by molar-refractivity contribution is 7.89. The number of primary sulfonamides is 1. The lowest BCUT2D eigenvalue weighted by atomic mass is 10.1. The van der Waals surface area contributed by atoms with E-state index in [-0.39, 0.29) is 29.8 Å². The van der Waals surface area contributed by atoms with Crippen LogP contribution in [-0.4, -0.2) is 29.8 Å². The molecular formula is C11H16N2O5S. The molecule has 0 aliphatic carbocycles. The second-order valence-electron chi connectivity index (χ2n) is 4.30. The quantitative estimate of drug-likeness (QED) is 0.780. The Bertz CT molecular complexity index is 660. The van der Waals surface area contributed by atoms with E-state index in [9.17, 15) is 18.0 Å². The molecule has 8 heteroatoms. The smallest absolute Gasteiger partial charge is 0.337 e. The molecule has 0 atom stereocenters. The van der Waals surface area contributed by atoms with Crippen molar-refractivity contribution in [1.82, 2.24) is 4.57 Å². The second kappa shape index (κ2) is 5.54. The molecule has 3 N–H and O–H groups in total. The molecule has 0 saturated carbocycles. The van der Waals surface area contributed by atoms with Gasteiger partial charge in [-0.15, -0.1) is 0 Å². The number of hydrogen-bond donors (Lipinski definition) is 2. The van der Waals surface area contributed by atoms with Crippen molar-refractivity contribution in [3.8, 4) is 0 Å². The number of hydrogen-bond acceptors (Lipinski definition) is 4. The zero-order chi connectivity index (χ0) is 14.8. The number of carboxylic acids is 1. The zero-order valence-corrected chi connectivity index (χ0v) is 11.5. The standard InChI is InChI=1S/C11H16N2O5S/c1-7-6-9(14)13(4-3-5-19(12,17)18)8(2)10(7)11(15)16/h6H,3-5H2,1-2H3,(H,15,16)(H2,12,17,18). The van der Waals surface area contributed by atoms with Gasteiger partial charge in [0.05, 0.1) is 11.3 Å². The normalized spacial score (nSPS) is 11.5. The number of sulfonamides is 1. The van der Waals surface area contributed by atoms with Crippen molar-refractivity contribution >= 4 is 16.0 Å². The lowest BCUT2D eigenvalue weighted by molar-refractivity contribution is 0.0694. The first kappa shape index (κ1) is 15.4. The monoisotopic (exact) mass is 288 g/mol. The summed E-state index contributed by atoms with van der Waals surface area (Å²) in [4.78, 5) is 22.9. The topological polar surface area (TPSA) is 119 Å². The molecule has 106 valence electrons. The molecule has 19 heavy (non-hydrogen) atoms. The van der Waals surface area contributed by atoms with Crippen LogP contribution in [-0.2, 0) is 16.6 Å². The number of carbonyl (C=O) groups is 1. The van der Waals surface area contributed by atoms with E-state index in [1.165, 1.54) is 17.6 Å². The van der Waals surface area contributed by atoms with E-state index in [0.29, 0.717) is 11.3 Å². The van der Waals surface area contributed by atoms with Crippen molar-refractivity contribution in [1.29, 1.82) is 0 Å². The summed E-state index contributed by atoms with van der Waals surface area (Å²) >= 11 is 0. The number of pyridine rings is 1. The maximum absolute atomic E-state index is 11.8. The fraction of sp³-hybridized carbons (Fsp3) is 0.455. The summed E-state index contributed by atoms with van der Waals surface area (Å²) in [6.07, 6.45) is 0.154. The van der Waals surface area contributed by atoms with Gasteiger partial charge < -0.3 is 9.67 Å². The highest BCUT2D eigenvalue weighted by atomic mass is 32.2. The molecule has 0 saturated heterocycles. The summed E-state index contributed by atoms with van der Waals surface area (Å²) in [7, 11) is -3.59. The van der Waals surface area contributed by atoms with Crippen LogP contribution in [0.2, 0.25) is 0 Å². The van der Waals surface area contributed by atoms with Gasteiger partial charge in [0.25, 0.3) is 5.56 Å². The molecule has 7 nitrogen and oxygen atoms in total. The predicted octanol–water partition coefficient (Wildman–Crippen LogP) is -0.158. The lowest BCUT2D eigenvalue weighted by Gasteiger charge is -2.13. The van der Waals surface area contributed by atoms with Crippen molar-refractivity contribution in [2.75, 3.05) is 5.75 Å². The van der Waals surface area contributed by atoms with Crippen LogP contribution in [0.4, 0.5) is 0 Å². The van der Waals surface area contributed by atoms with E-state index in [2.05, 4.69) is 0 Å². The van der Waals surface area contributed by atoms with Gasteiger partial charge in [0.15, 0.2) is 0 Å². The molecule has 0 aliphatic heterocycles. The number of carboxylic acid groups (broad SMARTS) is 1. The Balaban J connectivity index is 3.12. The third-order valence-electron chi connectivity index (χ3n) is 2.79.